The molecule has 0 radical (unpaired) electrons. The molecule has 0 atom stereocenters. The molecule has 0 aromatic heterocycles. The first-order chi connectivity index (χ1) is 9.13. The van der Waals surface area contributed by atoms with Crippen molar-refractivity contribution in [1.29, 1.82) is 0 Å². The molecule has 0 saturated heterocycles. The number of benzene rings is 1. The first kappa shape index (κ1) is 14.6. The molecule has 1 rings (SSSR count). The minimum atomic E-state index is -0.738. The van der Waals surface area contributed by atoms with Crippen LogP contribution < -0.4 is 20.3 Å². The van der Waals surface area contributed by atoms with Gasteiger partial charge in [-0.25, -0.2) is 10.2 Å². The van der Waals surface area contributed by atoms with Crippen LogP contribution in [0.5, 0.6) is 11.5 Å². The van der Waals surface area contributed by atoms with Gasteiger partial charge in [-0.2, -0.15) is 0 Å². The molecule has 2 amide bonds. The van der Waals surface area contributed by atoms with Crippen LogP contribution in [0.3, 0.4) is 0 Å². The fourth-order valence-corrected chi connectivity index (χ4v) is 1.41. The summed E-state index contributed by atoms with van der Waals surface area (Å²) >= 11 is 0. The number of amides is 2. The molecule has 19 heavy (non-hydrogen) atoms. The van der Waals surface area contributed by atoms with E-state index in [1.807, 2.05) is 0 Å². The van der Waals surface area contributed by atoms with Gasteiger partial charge in [-0.3, -0.25) is 10.2 Å². The van der Waals surface area contributed by atoms with E-state index in [9.17, 15) is 9.59 Å². The lowest BCUT2D eigenvalue weighted by Crippen LogP contribution is -2.42. The van der Waals surface area contributed by atoms with Crippen molar-refractivity contribution >= 4 is 12.0 Å². The number of methoxy groups -OCH3 is 2. The molecular weight excluding hydrogens is 252 g/mol. The van der Waals surface area contributed by atoms with Crippen molar-refractivity contribution in [3.63, 3.8) is 0 Å². The Morgan fingerprint density at radius 3 is 2.47 bits per heavy atom. The number of ether oxygens (including phenoxy) is 3. The van der Waals surface area contributed by atoms with Crippen molar-refractivity contribution in [2.45, 2.75) is 6.92 Å². The smallest absolute Gasteiger partial charge is 0.426 e. The largest absolute Gasteiger partial charge is 0.493 e. The van der Waals surface area contributed by atoms with Crippen LogP contribution >= 0.6 is 0 Å². The van der Waals surface area contributed by atoms with Crippen LogP contribution in [-0.4, -0.2) is 32.8 Å². The molecule has 2 N–H and O–H groups in total. The molecule has 0 aliphatic heterocycles. The molecule has 7 nitrogen and oxygen atoms in total. The summed E-state index contributed by atoms with van der Waals surface area (Å²) < 4.78 is 14.8. The zero-order valence-corrected chi connectivity index (χ0v) is 11.0. The van der Waals surface area contributed by atoms with Gasteiger partial charge in [0.15, 0.2) is 11.5 Å². The molecule has 0 fully saturated rings. The van der Waals surface area contributed by atoms with E-state index < -0.39 is 12.0 Å². The third-order valence-electron chi connectivity index (χ3n) is 2.20. The molecule has 0 heterocycles. The maximum absolute atomic E-state index is 11.9. The van der Waals surface area contributed by atoms with Crippen LogP contribution in [0.4, 0.5) is 4.79 Å². The van der Waals surface area contributed by atoms with Gasteiger partial charge >= 0.3 is 6.09 Å². The molecule has 0 spiro atoms. The van der Waals surface area contributed by atoms with Crippen molar-refractivity contribution in [1.82, 2.24) is 10.9 Å². The van der Waals surface area contributed by atoms with Crippen LogP contribution in [0.2, 0.25) is 0 Å². The van der Waals surface area contributed by atoms with E-state index >= 15 is 0 Å². The summed E-state index contributed by atoms with van der Waals surface area (Å²) in [6.45, 7) is 1.87. The Morgan fingerprint density at radius 1 is 1.16 bits per heavy atom. The van der Waals surface area contributed by atoms with Crippen molar-refractivity contribution < 1.29 is 23.8 Å². The van der Waals surface area contributed by atoms with Gasteiger partial charge in [0.05, 0.1) is 26.4 Å². The Balaban J connectivity index is 2.79. The van der Waals surface area contributed by atoms with Crippen molar-refractivity contribution in [3.05, 3.63) is 23.8 Å². The quantitative estimate of drug-likeness (QED) is 0.798. The molecule has 0 bridgehead atoms. The zero-order valence-electron chi connectivity index (χ0n) is 11.0. The van der Waals surface area contributed by atoms with E-state index in [1.54, 1.807) is 25.1 Å². The summed E-state index contributed by atoms with van der Waals surface area (Å²) in [6, 6.07) is 4.85. The molecule has 0 saturated carbocycles. The highest BCUT2D eigenvalue weighted by atomic mass is 16.6. The van der Waals surface area contributed by atoms with Gasteiger partial charge in [0.25, 0.3) is 5.91 Å². The molecule has 7 heteroatoms. The van der Waals surface area contributed by atoms with Crippen molar-refractivity contribution in [2.75, 3.05) is 20.8 Å². The Labute approximate surface area is 110 Å². The third-order valence-corrected chi connectivity index (χ3v) is 2.20. The van der Waals surface area contributed by atoms with E-state index in [1.165, 1.54) is 14.2 Å². The highest BCUT2D eigenvalue weighted by Gasteiger charge is 2.16. The lowest BCUT2D eigenvalue weighted by atomic mass is 10.2. The number of para-hydroxylation sites is 1. The van der Waals surface area contributed by atoms with Crippen LogP contribution in [0, 0.1) is 0 Å². The van der Waals surface area contributed by atoms with E-state index in [0.717, 1.165) is 0 Å². The minimum Gasteiger partial charge on any atom is -0.493 e. The fraction of sp³-hybridized carbons (Fsp3) is 0.333. The van der Waals surface area contributed by atoms with Crippen LogP contribution in [-0.2, 0) is 4.74 Å². The summed E-state index contributed by atoms with van der Waals surface area (Å²) in [5.41, 5.74) is 4.56. The second-order valence-electron chi connectivity index (χ2n) is 3.34. The van der Waals surface area contributed by atoms with E-state index in [-0.39, 0.29) is 17.9 Å². The topological polar surface area (TPSA) is 85.9 Å². The lowest BCUT2D eigenvalue weighted by molar-refractivity contribution is 0.0909. The molecule has 0 aliphatic rings. The number of hydrogen-bond acceptors (Lipinski definition) is 5. The summed E-state index contributed by atoms with van der Waals surface area (Å²) in [5.74, 6) is 0.170. The second kappa shape index (κ2) is 7.10. The van der Waals surface area contributed by atoms with Crippen molar-refractivity contribution in [3.8, 4) is 11.5 Å². The third kappa shape index (κ3) is 3.77. The summed E-state index contributed by atoms with van der Waals surface area (Å²) in [6.07, 6.45) is -0.738. The van der Waals surface area contributed by atoms with E-state index in [0.29, 0.717) is 5.75 Å². The summed E-state index contributed by atoms with van der Waals surface area (Å²) in [4.78, 5) is 22.9. The number of nitrogens with one attached hydrogen (secondary N) is 2. The number of carbonyl (C=O) groups excluding carboxylic acids is 2. The molecular formula is C12H16N2O5. The molecule has 0 aliphatic carbocycles. The van der Waals surface area contributed by atoms with Gasteiger partial charge in [-0.05, 0) is 19.1 Å². The van der Waals surface area contributed by atoms with Gasteiger partial charge in [-0.15, -0.1) is 0 Å². The first-order valence-electron chi connectivity index (χ1n) is 5.58. The Morgan fingerprint density at radius 2 is 1.89 bits per heavy atom. The summed E-state index contributed by atoms with van der Waals surface area (Å²) in [5, 5.41) is 0. The van der Waals surface area contributed by atoms with E-state index in [2.05, 4.69) is 15.6 Å². The van der Waals surface area contributed by atoms with Gasteiger partial charge in [-0.1, -0.05) is 6.07 Å². The molecule has 0 unspecified atom stereocenters. The molecule has 104 valence electrons. The predicted molar refractivity (Wildman–Crippen MR) is 67.2 cm³/mol. The van der Waals surface area contributed by atoms with Gasteiger partial charge < -0.3 is 14.2 Å². The fourth-order valence-electron chi connectivity index (χ4n) is 1.41. The average Bonchev–Trinajstić information content (AvgIpc) is 2.44. The first-order valence-corrected chi connectivity index (χ1v) is 5.58. The summed E-state index contributed by atoms with van der Waals surface area (Å²) in [7, 11) is 2.89. The molecule has 1 aromatic carbocycles. The maximum atomic E-state index is 11.9. The number of rotatable bonds is 4. The zero-order chi connectivity index (χ0) is 14.3. The molecule has 1 aromatic rings. The number of hydrazine groups is 1. The highest BCUT2D eigenvalue weighted by molar-refractivity contribution is 5.98. The van der Waals surface area contributed by atoms with Gasteiger partial charge in [0, 0.05) is 0 Å². The van der Waals surface area contributed by atoms with Crippen molar-refractivity contribution in [2.24, 2.45) is 0 Å². The lowest BCUT2D eigenvalue weighted by Gasteiger charge is -2.12. The van der Waals surface area contributed by atoms with Crippen LogP contribution in [0.25, 0.3) is 0 Å². The predicted octanol–water partition coefficient (Wildman–Crippen LogP) is 1.09. The minimum absolute atomic E-state index is 0.212. The Bertz CT molecular complexity index is 461. The van der Waals surface area contributed by atoms with E-state index in [4.69, 9.17) is 9.47 Å². The Hall–Kier alpha value is -2.44. The van der Waals surface area contributed by atoms with Gasteiger partial charge in [0.2, 0.25) is 0 Å². The number of carbonyl (C=O) groups is 2. The normalized spacial score (nSPS) is 9.42. The average molecular weight is 268 g/mol. The SMILES string of the molecule is CCOC(=O)NNC(=O)c1cccc(OC)c1OC. The standard InChI is InChI=1S/C12H16N2O5/c1-4-19-12(16)14-13-11(15)8-6-5-7-9(17-2)10(8)18-3/h5-7H,4H2,1-3H3,(H,13,15)(H,14,16). The monoisotopic (exact) mass is 268 g/mol. The second-order valence-corrected chi connectivity index (χ2v) is 3.34. The Kier molecular flexibility index (Phi) is 5.46. The number of hydrogen-bond donors (Lipinski definition) is 2. The maximum Gasteiger partial charge on any atom is 0.426 e. The van der Waals surface area contributed by atoms with Gasteiger partial charge in [0.1, 0.15) is 0 Å². The van der Waals surface area contributed by atoms with Crippen LogP contribution in [0.1, 0.15) is 17.3 Å². The highest BCUT2D eigenvalue weighted by Crippen LogP contribution is 2.30. The van der Waals surface area contributed by atoms with Crippen LogP contribution in [0.15, 0.2) is 18.2 Å².